The first-order valence-corrected chi connectivity index (χ1v) is 3.10. The van der Waals surface area contributed by atoms with Gasteiger partial charge in [0.25, 0.3) is 0 Å². The van der Waals surface area contributed by atoms with Gasteiger partial charge in [-0.15, -0.1) is 0 Å². The molecule has 1 fully saturated rings. The van der Waals surface area contributed by atoms with Crippen molar-refractivity contribution in [3.8, 4) is 0 Å². The zero-order valence-electron chi connectivity index (χ0n) is 5.21. The highest BCUT2D eigenvalue weighted by atomic mass is 16.5. The summed E-state index contributed by atoms with van der Waals surface area (Å²) in [5.41, 5.74) is 2.24. The van der Waals surface area contributed by atoms with Crippen molar-refractivity contribution in [2.45, 2.75) is 25.2 Å². The molecule has 9 heavy (non-hydrogen) atoms. The lowest BCUT2D eigenvalue weighted by atomic mass is 10.2. The van der Waals surface area contributed by atoms with Gasteiger partial charge in [-0.3, -0.25) is 5.84 Å². The zero-order chi connectivity index (χ0) is 6.69. The SMILES string of the molecule is NNC(O)C1CCCO1. The smallest absolute Gasteiger partial charge is 0.143 e. The second-order valence-electron chi connectivity index (χ2n) is 2.16. The van der Waals surface area contributed by atoms with Gasteiger partial charge in [0.1, 0.15) is 6.23 Å². The maximum absolute atomic E-state index is 9.00. The molecule has 1 aliphatic rings. The Kier molecular flexibility index (Phi) is 2.41. The van der Waals surface area contributed by atoms with E-state index in [1.54, 1.807) is 0 Å². The summed E-state index contributed by atoms with van der Waals surface area (Å²) in [6, 6.07) is 0. The second kappa shape index (κ2) is 3.12. The van der Waals surface area contributed by atoms with Crippen LogP contribution in [0.3, 0.4) is 0 Å². The van der Waals surface area contributed by atoms with Crippen molar-refractivity contribution in [3.63, 3.8) is 0 Å². The molecule has 1 aliphatic heterocycles. The molecule has 4 N–H and O–H groups in total. The van der Waals surface area contributed by atoms with Gasteiger partial charge in [0.05, 0.1) is 6.10 Å². The molecule has 1 saturated heterocycles. The number of rotatable bonds is 2. The van der Waals surface area contributed by atoms with Crippen LogP contribution < -0.4 is 11.3 Å². The average molecular weight is 132 g/mol. The van der Waals surface area contributed by atoms with Gasteiger partial charge in [-0.2, -0.15) is 0 Å². The van der Waals surface area contributed by atoms with Crippen LogP contribution in [-0.2, 0) is 4.74 Å². The van der Waals surface area contributed by atoms with Gasteiger partial charge >= 0.3 is 0 Å². The maximum atomic E-state index is 9.00. The van der Waals surface area contributed by atoms with E-state index in [9.17, 15) is 0 Å². The summed E-state index contributed by atoms with van der Waals surface area (Å²) in [4.78, 5) is 0. The molecule has 0 aliphatic carbocycles. The predicted molar refractivity (Wildman–Crippen MR) is 32.3 cm³/mol. The molecule has 0 amide bonds. The quantitative estimate of drug-likeness (QED) is 0.255. The zero-order valence-corrected chi connectivity index (χ0v) is 5.21. The fourth-order valence-electron chi connectivity index (χ4n) is 0.959. The summed E-state index contributed by atoms with van der Waals surface area (Å²) in [6.45, 7) is 0.739. The molecule has 54 valence electrons. The van der Waals surface area contributed by atoms with Gasteiger partial charge < -0.3 is 9.84 Å². The molecule has 0 aromatic rings. The number of aliphatic hydroxyl groups is 1. The molecule has 0 aromatic heterocycles. The Balaban J connectivity index is 2.24. The van der Waals surface area contributed by atoms with E-state index < -0.39 is 6.23 Å². The Morgan fingerprint density at radius 2 is 2.56 bits per heavy atom. The minimum atomic E-state index is -0.701. The Morgan fingerprint density at radius 3 is 3.00 bits per heavy atom. The molecular weight excluding hydrogens is 120 g/mol. The minimum absolute atomic E-state index is 0.102. The number of hydrogen-bond donors (Lipinski definition) is 3. The van der Waals surface area contributed by atoms with Gasteiger partial charge in [-0.05, 0) is 12.8 Å². The Labute approximate surface area is 54.0 Å². The number of hydrazine groups is 1. The van der Waals surface area contributed by atoms with Crippen LogP contribution >= 0.6 is 0 Å². The molecule has 0 radical (unpaired) electrons. The van der Waals surface area contributed by atoms with E-state index in [0.717, 1.165) is 19.4 Å². The van der Waals surface area contributed by atoms with Crippen molar-refractivity contribution in [2.75, 3.05) is 6.61 Å². The van der Waals surface area contributed by atoms with Crippen LogP contribution in [-0.4, -0.2) is 24.0 Å². The summed E-state index contributed by atoms with van der Waals surface area (Å²) >= 11 is 0. The number of ether oxygens (including phenoxy) is 1. The molecule has 1 heterocycles. The first-order chi connectivity index (χ1) is 4.34. The lowest BCUT2D eigenvalue weighted by Crippen LogP contribution is -2.43. The molecule has 0 aromatic carbocycles. The summed E-state index contributed by atoms with van der Waals surface area (Å²) in [7, 11) is 0. The summed E-state index contributed by atoms with van der Waals surface area (Å²) in [6.07, 6.45) is 1.11. The number of nitrogens with two attached hydrogens (primary N) is 1. The van der Waals surface area contributed by atoms with E-state index in [-0.39, 0.29) is 6.10 Å². The van der Waals surface area contributed by atoms with Gasteiger partial charge in [0, 0.05) is 6.61 Å². The normalized spacial score (nSPS) is 30.7. The van der Waals surface area contributed by atoms with Gasteiger partial charge in [0.2, 0.25) is 0 Å². The third kappa shape index (κ3) is 1.62. The highest BCUT2D eigenvalue weighted by Crippen LogP contribution is 2.13. The van der Waals surface area contributed by atoms with E-state index in [4.69, 9.17) is 15.7 Å². The number of aliphatic hydroxyl groups excluding tert-OH is 1. The Hall–Kier alpha value is -0.160. The maximum Gasteiger partial charge on any atom is 0.143 e. The third-order valence-corrected chi connectivity index (χ3v) is 1.49. The average Bonchev–Trinajstić information content (AvgIpc) is 2.37. The molecule has 0 bridgehead atoms. The topological polar surface area (TPSA) is 67.5 Å². The molecule has 4 nitrogen and oxygen atoms in total. The molecular formula is C5H12N2O2. The standard InChI is InChI=1S/C5H12N2O2/c6-7-5(8)4-2-1-3-9-4/h4-5,7-8H,1-3,6H2. The predicted octanol–water partition coefficient (Wildman–Crippen LogP) is -1.05. The van der Waals surface area contributed by atoms with Crippen molar-refractivity contribution in [1.82, 2.24) is 5.43 Å². The van der Waals surface area contributed by atoms with Gasteiger partial charge in [-0.1, -0.05) is 0 Å². The van der Waals surface area contributed by atoms with Crippen molar-refractivity contribution in [3.05, 3.63) is 0 Å². The number of hydrogen-bond acceptors (Lipinski definition) is 4. The molecule has 2 atom stereocenters. The van der Waals surface area contributed by atoms with E-state index in [1.165, 1.54) is 0 Å². The summed E-state index contributed by atoms with van der Waals surface area (Å²) in [5, 5.41) is 9.00. The lowest BCUT2D eigenvalue weighted by molar-refractivity contribution is -0.0188. The highest BCUT2D eigenvalue weighted by molar-refractivity contribution is 4.69. The van der Waals surface area contributed by atoms with Crippen molar-refractivity contribution in [2.24, 2.45) is 5.84 Å². The Bertz CT molecular complexity index is 83.0. The second-order valence-corrected chi connectivity index (χ2v) is 2.16. The van der Waals surface area contributed by atoms with Crippen molar-refractivity contribution < 1.29 is 9.84 Å². The molecule has 0 saturated carbocycles. The van der Waals surface area contributed by atoms with Crippen LogP contribution in [0.4, 0.5) is 0 Å². The Morgan fingerprint density at radius 1 is 1.78 bits per heavy atom. The number of nitrogens with one attached hydrogen (secondary N) is 1. The van der Waals surface area contributed by atoms with E-state index in [1.807, 2.05) is 0 Å². The fraction of sp³-hybridized carbons (Fsp3) is 1.00. The first kappa shape index (κ1) is 6.95. The van der Waals surface area contributed by atoms with Gasteiger partial charge in [-0.25, -0.2) is 5.43 Å². The molecule has 2 unspecified atom stereocenters. The first-order valence-electron chi connectivity index (χ1n) is 3.10. The van der Waals surface area contributed by atoms with Crippen LogP contribution in [0.1, 0.15) is 12.8 Å². The van der Waals surface area contributed by atoms with Crippen molar-refractivity contribution >= 4 is 0 Å². The third-order valence-electron chi connectivity index (χ3n) is 1.49. The van der Waals surface area contributed by atoms with E-state index in [0.29, 0.717) is 0 Å². The largest absolute Gasteiger partial charge is 0.375 e. The summed E-state index contributed by atoms with van der Waals surface area (Å²) in [5.74, 6) is 4.97. The highest BCUT2D eigenvalue weighted by Gasteiger charge is 2.22. The van der Waals surface area contributed by atoms with Crippen LogP contribution in [0.15, 0.2) is 0 Å². The summed E-state index contributed by atoms with van der Waals surface area (Å²) < 4.78 is 5.11. The molecule has 4 heteroatoms. The fourth-order valence-corrected chi connectivity index (χ4v) is 0.959. The van der Waals surface area contributed by atoms with Crippen LogP contribution in [0, 0.1) is 0 Å². The lowest BCUT2D eigenvalue weighted by Gasteiger charge is -2.14. The molecule has 0 spiro atoms. The van der Waals surface area contributed by atoms with Crippen LogP contribution in [0.5, 0.6) is 0 Å². The van der Waals surface area contributed by atoms with Crippen LogP contribution in [0.25, 0.3) is 0 Å². The van der Waals surface area contributed by atoms with Crippen molar-refractivity contribution in [1.29, 1.82) is 0 Å². The minimum Gasteiger partial charge on any atom is -0.375 e. The van der Waals surface area contributed by atoms with Gasteiger partial charge in [0.15, 0.2) is 0 Å². The molecule has 1 rings (SSSR count). The van der Waals surface area contributed by atoms with Crippen LogP contribution in [0.2, 0.25) is 0 Å². The van der Waals surface area contributed by atoms with E-state index in [2.05, 4.69) is 5.43 Å². The monoisotopic (exact) mass is 132 g/mol. The van der Waals surface area contributed by atoms with E-state index >= 15 is 0 Å².